The number of fused-ring (bicyclic) bond motifs is 1. The van der Waals surface area contributed by atoms with E-state index in [-0.39, 0.29) is 5.69 Å². The molecule has 0 atom stereocenters. The van der Waals surface area contributed by atoms with Crippen molar-refractivity contribution in [1.82, 2.24) is 20.3 Å². The fourth-order valence-electron chi connectivity index (χ4n) is 1.49. The van der Waals surface area contributed by atoms with Crippen LogP contribution >= 0.6 is 0 Å². The number of aromatic nitrogens is 4. The second-order valence-electron chi connectivity index (χ2n) is 3.47. The third kappa shape index (κ3) is 1.65. The van der Waals surface area contributed by atoms with Crippen molar-refractivity contribution in [3.8, 4) is 11.3 Å². The van der Waals surface area contributed by atoms with Crippen LogP contribution in [0.15, 0.2) is 35.1 Å². The summed E-state index contributed by atoms with van der Waals surface area (Å²) < 4.78 is 4.49. The third-order valence-electron chi connectivity index (χ3n) is 2.36. The Bertz CT molecular complexity index is 722. The molecule has 0 N–H and O–H groups in total. The molecule has 88 valence electrons. The molecule has 0 saturated heterocycles. The first kappa shape index (κ1) is 10.3. The third-order valence-corrected chi connectivity index (χ3v) is 2.36. The van der Waals surface area contributed by atoms with Gasteiger partial charge in [0.15, 0.2) is 0 Å². The van der Waals surface area contributed by atoms with Crippen LogP contribution in [0.25, 0.3) is 22.6 Å². The molecule has 0 bridgehead atoms. The van der Waals surface area contributed by atoms with Gasteiger partial charge in [0.2, 0.25) is 11.3 Å². The highest BCUT2D eigenvalue weighted by molar-refractivity contribution is 5.69. The van der Waals surface area contributed by atoms with E-state index in [1.807, 2.05) is 0 Å². The number of benzene rings is 1. The topological polar surface area (TPSA) is 108 Å². The maximum atomic E-state index is 10.5. The summed E-state index contributed by atoms with van der Waals surface area (Å²) in [6.45, 7) is 0. The summed E-state index contributed by atoms with van der Waals surface area (Å²) in [6, 6.07) is 6.01. The Morgan fingerprint density at radius 2 is 1.83 bits per heavy atom. The van der Waals surface area contributed by atoms with Crippen LogP contribution < -0.4 is 0 Å². The molecule has 0 amide bonds. The van der Waals surface area contributed by atoms with Gasteiger partial charge in [-0.05, 0) is 22.4 Å². The second-order valence-corrected chi connectivity index (χ2v) is 3.47. The van der Waals surface area contributed by atoms with Gasteiger partial charge in [-0.1, -0.05) is 0 Å². The van der Waals surface area contributed by atoms with Crippen LogP contribution in [-0.2, 0) is 0 Å². The van der Waals surface area contributed by atoms with E-state index in [9.17, 15) is 10.1 Å². The smallest absolute Gasteiger partial charge is 0.258 e. The number of nitro groups is 1. The van der Waals surface area contributed by atoms with E-state index in [2.05, 4.69) is 24.9 Å². The van der Waals surface area contributed by atoms with Crippen LogP contribution in [0.1, 0.15) is 0 Å². The summed E-state index contributed by atoms with van der Waals surface area (Å²) in [7, 11) is 0. The van der Waals surface area contributed by atoms with Gasteiger partial charge in [0.25, 0.3) is 5.69 Å². The summed E-state index contributed by atoms with van der Waals surface area (Å²) >= 11 is 0. The Morgan fingerprint density at radius 3 is 2.56 bits per heavy atom. The lowest BCUT2D eigenvalue weighted by atomic mass is 10.1. The normalized spacial score (nSPS) is 10.7. The molecule has 0 aliphatic rings. The van der Waals surface area contributed by atoms with Crippen LogP contribution in [0, 0.1) is 10.1 Å². The molecule has 0 fully saturated rings. The van der Waals surface area contributed by atoms with Crippen molar-refractivity contribution in [2.75, 3.05) is 0 Å². The molecule has 18 heavy (non-hydrogen) atoms. The number of hydrogen-bond donors (Lipinski definition) is 0. The van der Waals surface area contributed by atoms with Crippen LogP contribution in [0.4, 0.5) is 5.69 Å². The van der Waals surface area contributed by atoms with Crippen molar-refractivity contribution in [2.45, 2.75) is 0 Å². The van der Waals surface area contributed by atoms with Crippen LogP contribution in [0.5, 0.6) is 0 Å². The molecule has 3 rings (SSSR count). The first-order valence-electron chi connectivity index (χ1n) is 4.94. The Labute approximate surface area is 99.4 Å². The van der Waals surface area contributed by atoms with Crippen molar-refractivity contribution in [1.29, 1.82) is 0 Å². The van der Waals surface area contributed by atoms with Gasteiger partial charge in [0.05, 0.1) is 16.8 Å². The molecular formula is C10H5N5O3. The molecule has 1 aromatic carbocycles. The lowest BCUT2D eigenvalue weighted by molar-refractivity contribution is -0.384. The van der Waals surface area contributed by atoms with Crippen LogP contribution in [0.2, 0.25) is 0 Å². The molecule has 8 nitrogen and oxygen atoms in total. The molecule has 0 saturated carbocycles. The molecule has 0 unspecified atom stereocenters. The predicted molar refractivity (Wildman–Crippen MR) is 59.5 cm³/mol. The predicted octanol–water partition coefficient (Wildman–Crippen LogP) is 1.59. The molecule has 3 aromatic rings. The van der Waals surface area contributed by atoms with Crippen molar-refractivity contribution in [3.05, 3.63) is 40.6 Å². The maximum Gasteiger partial charge on any atom is 0.269 e. The van der Waals surface area contributed by atoms with Crippen molar-refractivity contribution in [3.63, 3.8) is 0 Å². The summed E-state index contributed by atoms with van der Waals surface area (Å²) in [5.41, 5.74) is 1.90. The minimum Gasteiger partial charge on any atom is -0.258 e. The molecule has 0 spiro atoms. The van der Waals surface area contributed by atoms with Gasteiger partial charge in [-0.25, -0.2) is 14.6 Å². The monoisotopic (exact) mass is 243 g/mol. The van der Waals surface area contributed by atoms with E-state index in [0.717, 1.165) is 0 Å². The first-order chi connectivity index (χ1) is 8.74. The zero-order valence-corrected chi connectivity index (χ0v) is 8.85. The van der Waals surface area contributed by atoms with Crippen molar-refractivity contribution < 1.29 is 9.55 Å². The summed E-state index contributed by atoms with van der Waals surface area (Å²) in [4.78, 5) is 18.3. The highest BCUT2D eigenvalue weighted by atomic mass is 16.6. The molecule has 0 aliphatic heterocycles. The minimum atomic E-state index is -0.458. The fourth-order valence-corrected chi connectivity index (χ4v) is 1.49. The average Bonchev–Trinajstić information content (AvgIpc) is 2.86. The molecule has 8 heteroatoms. The maximum absolute atomic E-state index is 10.5. The van der Waals surface area contributed by atoms with E-state index in [0.29, 0.717) is 22.6 Å². The highest BCUT2D eigenvalue weighted by Gasteiger charge is 2.09. The zero-order valence-electron chi connectivity index (χ0n) is 8.85. The number of rotatable bonds is 2. The van der Waals surface area contributed by atoms with Gasteiger partial charge in [0, 0.05) is 17.7 Å². The highest BCUT2D eigenvalue weighted by Crippen LogP contribution is 2.20. The van der Waals surface area contributed by atoms with Crippen molar-refractivity contribution >= 4 is 17.0 Å². The van der Waals surface area contributed by atoms with E-state index >= 15 is 0 Å². The van der Waals surface area contributed by atoms with Crippen LogP contribution in [0.3, 0.4) is 0 Å². The van der Waals surface area contributed by atoms with Gasteiger partial charge in [-0.15, -0.1) is 0 Å². The number of non-ortho nitro benzene ring substituents is 1. The second kappa shape index (κ2) is 3.84. The van der Waals surface area contributed by atoms with Gasteiger partial charge in [-0.3, -0.25) is 10.1 Å². The Balaban J connectivity index is 2.05. The van der Waals surface area contributed by atoms with E-state index < -0.39 is 4.92 Å². The largest absolute Gasteiger partial charge is 0.269 e. The number of nitro benzene ring substituents is 1. The van der Waals surface area contributed by atoms with Gasteiger partial charge >= 0.3 is 0 Å². The molecule has 2 aromatic heterocycles. The van der Waals surface area contributed by atoms with Gasteiger partial charge < -0.3 is 0 Å². The van der Waals surface area contributed by atoms with E-state index in [1.165, 1.54) is 18.3 Å². The van der Waals surface area contributed by atoms with E-state index in [1.54, 1.807) is 12.1 Å². The van der Waals surface area contributed by atoms with E-state index in [4.69, 9.17) is 0 Å². The SMILES string of the molecule is O=[N+]([O-])c1ccc(-c2cnc3nonc3n2)cc1. The van der Waals surface area contributed by atoms with Gasteiger partial charge in [0.1, 0.15) is 0 Å². The summed E-state index contributed by atoms with van der Waals surface area (Å²) in [5.74, 6) is 0. The Hall–Kier alpha value is -2.90. The fraction of sp³-hybridized carbons (Fsp3) is 0. The first-order valence-corrected chi connectivity index (χ1v) is 4.94. The van der Waals surface area contributed by atoms with Gasteiger partial charge in [-0.2, -0.15) is 0 Å². The average molecular weight is 243 g/mol. The Kier molecular flexibility index (Phi) is 2.19. The summed E-state index contributed by atoms with van der Waals surface area (Å²) in [5, 5.41) is 17.7. The quantitative estimate of drug-likeness (QED) is 0.496. The summed E-state index contributed by atoms with van der Waals surface area (Å²) in [6.07, 6.45) is 1.51. The lowest BCUT2D eigenvalue weighted by Crippen LogP contribution is -1.90. The Morgan fingerprint density at radius 1 is 1.11 bits per heavy atom. The lowest BCUT2D eigenvalue weighted by Gasteiger charge is -1.98. The standard InChI is InChI=1S/C10H5N5O3/c16-15(17)7-3-1-6(2-4-7)8-5-11-9-10(12-8)14-18-13-9/h1-5H. The number of hydrogen-bond acceptors (Lipinski definition) is 7. The molecule has 0 aliphatic carbocycles. The molecule has 0 radical (unpaired) electrons. The minimum absolute atomic E-state index is 0.0240. The zero-order chi connectivity index (χ0) is 12.5. The molecule has 2 heterocycles. The molecular weight excluding hydrogens is 238 g/mol. The number of nitrogens with zero attached hydrogens (tertiary/aromatic N) is 5. The van der Waals surface area contributed by atoms with Crippen molar-refractivity contribution in [2.24, 2.45) is 0 Å². The van der Waals surface area contributed by atoms with Crippen LogP contribution in [-0.4, -0.2) is 25.2 Å².